The first kappa shape index (κ1) is 21.3. The maximum Gasteiger partial charge on any atom is 0.266 e. The Morgan fingerprint density at radius 2 is 1.94 bits per heavy atom. The molecule has 2 aromatic carbocycles. The Bertz CT molecular complexity index is 1300. The number of carbonyl (C=O) groups excluding carboxylic acids is 1. The Morgan fingerprint density at radius 3 is 2.68 bits per heavy atom. The van der Waals surface area contributed by atoms with Crippen LogP contribution < -0.4 is 5.56 Å². The van der Waals surface area contributed by atoms with E-state index in [9.17, 15) is 9.59 Å². The molecule has 0 aliphatic heterocycles. The van der Waals surface area contributed by atoms with E-state index in [-0.39, 0.29) is 17.2 Å². The quantitative estimate of drug-likeness (QED) is 0.313. The number of benzene rings is 2. The van der Waals surface area contributed by atoms with Gasteiger partial charge >= 0.3 is 0 Å². The lowest BCUT2D eigenvalue weighted by atomic mass is 10.1. The van der Waals surface area contributed by atoms with Crippen LogP contribution in [-0.2, 0) is 11.3 Å². The van der Waals surface area contributed by atoms with Gasteiger partial charge in [0.05, 0.1) is 28.9 Å². The van der Waals surface area contributed by atoms with Crippen molar-refractivity contribution in [1.82, 2.24) is 14.5 Å². The van der Waals surface area contributed by atoms with Crippen LogP contribution in [0.2, 0.25) is 0 Å². The summed E-state index contributed by atoms with van der Waals surface area (Å²) in [6, 6.07) is 17.3. The summed E-state index contributed by atoms with van der Waals surface area (Å²) in [6.07, 6.45) is 0. The van der Waals surface area contributed by atoms with Crippen LogP contribution in [0.4, 0.5) is 0 Å². The standard InChI is InChI=1S/C24H23N3O2S2/c1-16-10-11-21(17(2)13-16)27-23(29)19-8-4-5-9-20(19)25-24(27)31-15-22(28)26(3)14-18-7-6-12-30-18/h4-13H,14-15H2,1-3H3. The fraction of sp³-hybridized carbons (Fsp3) is 0.208. The van der Waals surface area contributed by atoms with E-state index in [0.29, 0.717) is 22.6 Å². The summed E-state index contributed by atoms with van der Waals surface area (Å²) in [5.41, 5.74) is 3.41. The molecule has 7 heteroatoms. The van der Waals surface area contributed by atoms with Gasteiger partial charge in [-0.3, -0.25) is 14.2 Å². The van der Waals surface area contributed by atoms with E-state index in [0.717, 1.165) is 21.7 Å². The zero-order valence-corrected chi connectivity index (χ0v) is 19.3. The number of amides is 1. The first-order valence-electron chi connectivity index (χ1n) is 9.92. The third kappa shape index (κ3) is 4.57. The van der Waals surface area contributed by atoms with Crippen LogP contribution in [0, 0.1) is 13.8 Å². The molecule has 0 saturated carbocycles. The number of carbonyl (C=O) groups is 1. The lowest BCUT2D eigenvalue weighted by molar-refractivity contribution is -0.127. The minimum absolute atomic E-state index is 0.00649. The van der Waals surface area contributed by atoms with Gasteiger partial charge in [-0.15, -0.1) is 11.3 Å². The third-order valence-corrected chi connectivity index (χ3v) is 6.85. The van der Waals surface area contributed by atoms with Gasteiger partial charge in [0.1, 0.15) is 0 Å². The predicted octanol–water partition coefficient (Wildman–Crippen LogP) is 4.81. The normalized spacial score (nSPS) is 11.1. The molecule has 1 amide bonds. The predicted molar refractivity (Wildman–Crippen MR) is 128 cm³/mol. The van der Waals surface area contributed by atoms with E-state index in [4.69, 9.17) is 4.98 Å². The number of thiophene rings is 1. The molecule has 4 rings (SSSR count). The molecule has 2 heterocycles. The summed E-state index contributed by atoms with van der Waals surface area (Å²) < 4.78 is 1.63. The van der Waals surface area contributed by atoms with Gasteiger partial charge in [0, 0.05) is 11.9 Å². The fourth-order valence-electron chi connectivity index (χ4n) is 3.44. The van der Waals surface area contributed by atoms with E-state index in [1.807, 2.05) is 67.8 Å². The molecule has 0 radical (unpaired) electrons. The molecule has 2 aromatic heterocycles. The van der Waals surface area contributed by atoms with E-state index >= 15 is 0 Å². The molecule has 0 bridgehead atoms. The minimum atomic E-state index is -0.126. The summed E-state index contributed by atoms with van der Waals surface area (Å²) in [5.74, 6) is 0.199. The van der Waals surface area contributed by atoms with Crippen LogP contribution in [-0.4, -0.2) is 33.2 Å². The van der Waals surface area contributed by atoms with Crippen LogP contribution in [0.1, 0.15) is 16.0 Å². The fourth-order valence-corrected chi connectivity index (χ4v) is 5.14. The van der Waals surface area contributed by atoms with Crippen LogP contribution in [0.5, 0.6) is 0 Å². The number of aromatic nitrogens is 2. The van der Waals surface area contributed by atoms with Crippen molar-refractivity contribution >= 4 is 39.9 Å². The average Bonchev–Trinajstić information content (AvgIpc) is 3.26. The van der Waals surface area contributed by atoms with Gasteiger partial charge in [-0.25, -0.2) is 4.98 Å². The van der Waals surface area contributed by atoms with Crippen LogP contribution in [0.25, 0.3) is 16.6 Å². The van der Waals surface area contributed by atoms with Crippen LogP contribution >= 0.6 is 23.1 Å². The van der Waals surface area contributed by atoms with Gasteiger partial charge in [-0.2, -0.15) is 0 Å². The second-order valence-electron chi connectivity index (χ2n) is 7.46. The Balaban J connectivity index is 1.69. The van der Waals surface area contributed by atoms with Crippen LogP contribution in [0.15, 0.2) is 69.9 Å². The monoisotopic (exact) mass is 449 g/mol. The molecule has 0 aliphatic carbocycles. The summed E-state index contributed by atoms with van der Waals surface area (Å²) in [6.45, 7) is 4.58. The van der Waals surface area contributed by atoms with Crippen molar-refractivity contribution in [1.29, 1.82) is 0 Å². The smallest absolute Gasteiger partial charge is 0.266 e. The molecule has 158 valence electrons. The first-order valence-corrected chi connectivity index (χ1v) is 11.8. The minimum Gasteiger partial charge on any atom is -0.340 e. The van der Waals surface area contributed by atoms with Gasteiger partial charge in [0.25, 0.3) is 5.56 Å². The highest BCUT2D eigenvalue weighted by atomic mass is 32.2. The summed E-state index contributed by atoms with van der Waals surface area (Å²) in [4.78, 5) is 33.7. The van der Waals surface area contributed by atoms with Crippen molar-refractivity contribution in [3.8, 4) is 5.69 Å². The number of rotatable bonds is 6. The molecule has 5 nitrogen and oxygen atoms in total. The van der Waals surface area contributed by atoms with Crippen molar-refractivity contribution in [2.24, 2.45) is 0 Å². The van der Waals surface area contributed by atoms with Gasteiger partial charge in [0.15, 0.2) is 5.16 Å². The highest BCUT2D eigenvalue weighted by molar-refractivity contribution is 7.99. The summed E-state index contributed by atoms with van der Waals surface area (Å²) >= 11 is 2.93. The molecular weight excluding hydrogens is 426 g/mol. The Morgan fingerprint density at radius 1 is 1.13 bits per heavy atom. The number of thioether (sulfide) groups is 1. The molecule has 31 heavy (non-hydrogen) atoms. The third-order valence-electron chi connectivity index (χ3n) is 5.06. The lowest BCUT2D eigenvalue weighted by Gasteiger charge is -2.18. The van der Waals surface area contributed by atoms with Crippen LogP contribution in [0.3, 0.4) is 0 Å². The number of hydrogen-bond donors (Lipinski definition) is 0. The highest BCUT2D eigenvalue weighted by Crippen LogP contribution is 2.24. The average molecular weight is 450 g/mol. The van der Waals surface area contributed by atoms with E-state index in [2.05, 4.69) is 0 Å². The van der Waals surface area contributed by atoms with Crippen molar-refractivity contribution in [2.45, 2.75) is 25.5 Å². The Kier molecular flexibility index (Phi) is 6.25. The largest absolute Gasteiger partial charge is 0.340 e. The molecule has 4 aromatic rings. The zero-order chi connectivity index (χ0) is 22.0. The van der Waals surface area contributed by atoms with Crippen molar-refractivity contribution in [2.75, 3.05) is 12.8 Å². The Hall–Kier alpha value is -2.90. The van der Waals surface area contributed by atoms with Gasteiger partial charge in [0.2, 0.25) is 5.91 Å². The topological polar surface area (TPSA) is 55.2 Å². The maximum absolute atomic E-state index is 13.4. The molecule has 0 spiro atoms. The van der Waals surface area contributed by atoms with Gasteiger partial charge in [-0.05, 0) is 49.1 Å². The molecule has 0 saturated heterocycles. The van der Waals surface area contributed by atoms with Gasteiger partial charge in [-0.1, -0.05) is 47.7 Å². The Labute approximate surface area is 189 Å². The van der Waals surface area contributed by atoms with E-state index in [1.54, 1.807) is 33.9 Å². The summed E-state index contributed by atoms with van der Waals surface area (Å²) in [5, 5.41) is 3.09. The zero-order valence-electron chi connectivity index (χ0n) is 17.7. The number of nitrogens with zero attached hydrogens (tertiary/aromatic N) is 3. The molecule has 0 N–H and O–H groups in total. The highest BCUT2D eigenvalue weighted by Gasteiger charge is 2.17. The number of aryl methyl sites for hydroxylation is 2. The maximum atomic E-state index is 13.4. The van der Waals surface area contributed by atoms with Crippen molar-refractivity contribution < 1.29 is 4.79 Å². The van der Waals surface area contributed by atoms with E-state index in [1.165, 1.54) is 11.8 Å². The molecule has 0 fully saturated rings. The van der Waals surface area contributed by atoms with Crippen molar-refractivity contribution in [3.05, 3.63) is 86.3 Å². The lowest BCUT2D eigenvalue weighted by Crippen LogP contribution is -2.28. The number of para-hydroxylation sites is 1. The second-order valence-corrected chi connectivity index (χ2v) is 9.43. The molecule has 0 atom stereocenters. The molecule has 0 aliphatic rings. The molecule has 0 unspecified atom stereocenters. The number of hydrogen-bond acceptors (Lipinski definition) is 5. The molecular formula is C24H23N3O2S2. The SMILES string of the molecule is Cc1ccc(-n2c(SCC(=O)N(C)Cc3cccs3)nc3ccccc3c2=O)c(C)c1. The number of fused-ring (bicyclic) bond motifs is 1. The van der Waals surface area contributed by atoms with Crippen molar-refractivity contribution in [3.63, 3.8) is 0 Å². The van der Waals surface area contributed by atoms with E-state index < -0.39 is 0 Å². The first-order chi connectivity index (χ1) is 14.9. The van der Waals surface area contributed by atoms with Gasteiger partial charge < -0.3 is 4.90 Å². The second kappa shape index (κ2) is 9.08. The summed E-state index contributed by atoms with van der Waals surface area (Å²) in [7, 11) is 1.80.